The lowest BCUT2D eigenvalue weighted by molar-refractivity contribution is 0.0953. The first-order valence-electron chi connectivity index (χ1n) is 5.85. The molecule has 0 unspecified atom stereocenters. The van der Waals surface area contributed by atoms with Crippen LogP contribution in [0, 0.1) is 0 Å². The van der Waals surface area contributed by atoms with E-state index in [2.05, 4.69) is 18.3 Å². The molecule has 86 valence electrons. The number of carbonyl (C=O) groups excluding carboxylic acids is 1. The fourth-order valence-electron chi connectivity index (χ4n) is 1.84. The van der Waals surface area contributed by atoms with Gasteiger partial charge in [-0.3, -0.25) is 4.79 Å². The van der Waals surface area contributed by atoms with Gasteiger partial charge >= 0.3 is 0 Å². The summed E-state index contributed by atoms with van der Waals surface area (Å²) in [6, 6.07) is 6.06. The molecule has 0 radical (unpaired) electrons. The Morgan fingerprint density at radius 2 is 2.38 bits per heavy atom. The third kappa shape index (κ3) is 2.59. The van der Waals surface area contributed by atoms with Crippen LogP contribution in [0.2, 0.25) is 0 Å². The minimum atomic E-state index is 0.0558. The monoisotopic (exact) mass is 235 g/mol. The van der Waals surface area contributed by atoms with Gasteiger partial charge < -0.3 is 5.32 Å². The maximum absolute atomic E-state index is 11.8. The summed E-state index contributed by atoms with van der Waals surface area (Å²) >= 11 is 1.90. The number of carbonyl (C=O) groups is 1. The van der Waals surface area contributed by atoms with E-state index < -0.39 is 0 Å². The Bertz CT molecular complexity index is 390. The summed E-state index contributed by atoms with van der Waals surface area (Å²) in [6.07, 6.45) is 3.31. The first kappa shape index (κ1) is 11.5. The van der Waals surface area contributed by atoms with Crippen LogP contribution in [-0.4, -0.2) is 18.2 Å². The Morgan fingerprint density at radius 3 is 3.19 bits per heavy atom. The fourth-order valence-corrected chi connectivity index (χ4v) is 2.86. The zero-order chi connectivity index (χ0) is 11.4. The third-order valence-corrected chi connectivity index (χ3v) is 3.91. The predicted molar refractivity (Wildman–Crippen MR) is 68.1 cm³/mol. The van der Waals surface area contributed by atoms with Crippen LogP contribution in [0.15, 0.2) is 23.1 Å². The van der Waals surface area contributed by atoms with Crippen molar-refractivity contribution in [1.29, 1.82) is 0 Å². The average molecular weight is 235 g/mol. The van der Waals surface area contributed by atoms with Crippen molar-refractivity contribution < 1.29 is 4.79 Å². The SMILES string of the molecule is CCCNC(=O)c1ccc2c(c1)CCCS2. The minimum absolute atomic E-state index is 0.0558. The van der Waals surface area contributed by atoms with Crippen LogP contribution in [0.25, 0.3) is 0 Å². The Morgan fingerprint density at radius 1 is 1.50 bits per heavy atom. The summed E-state index contributed by atoms with van der Waals surface area (Å²) in [4.78, 5) is 13.1. The highest BCUT2D eigenvalue weighted by atomic mass is 32.2. The van der Waals surface area contributed by atoms with Crippen LogP contribution >= 0.6 is 11.8 Å². The quantitative estimate of drug-likeness (QED) is 0.873. The maximum Gasteiger partial charge on any atom is 0.251 e. The third-order valence-electron chi connectivity index (χ3n) is 2.71. The van der Waals surface area contributed by atoms with Gasteiger partial charge in [0.25, 0.3) is 5.91 Å². The van der Waals surface area contributed by atoms with Crippen molar-refractivity contribution in [3.05, 3.63) is 29.3 Å². The van der Waals surface area contributed by atoms with E-state index in [0.717, 1.165) is 24.9 Å². The molecule has 1 heterocycles. The van der Waals surface area contributed by atoms with E-state index >= 15 is 0 Å². The fraction of sp³-hybridized carbons (Fsp3) is 0.462. The van der Waals surface area contributed by atoms with E-state index in [-0.39, 0.29) is 5.91 Å². The van der Waals surface area contributed by atoms with E-state index in [9.17, 15) is 4.79 Å². The molecule has 0 spiro atoms. The second kappa shape index (κ2) is 5.39. The van der Waals surface area contributed by atoms with Gasteiger partial charge in [0.2, 0.25) is 0 Å². The van der Waals surface area contributed by atoms with E-state index in [1.165, 1.54) is 22.6 Å². The van der Waals surface area contributed by atoms with Gasteiger partial charge in [-0.1, -0.05) is 6.92 Å². The van der Waals surface area contributed by atoms with E-state index in [1.54, 1.807) is 0 Å². The zero-order valence-electron chi connectivity index (χ0n) is 9.58. The molecule has 1 N–H and O–H groups in total. The van der Waals surface area contributed by atoms with Gasteiger partial charge in [-0.15, -0.1) is 11.8 Å². The van der Waals surface area contributed by atoms with Crippen LogP contribution in [0.4, 0.5) is 0 Å². The highest BCUT2D eigenvalue weighted by molar-refractivity contribution is 7.99. The number of benzene rings is 1. The van der Waals surface area contributed by atoms with E-state index in [1.807, 2.05) is 23.9 Å². The molecule has 2 nitrogen and oxygen atoms in total. The van der Waals surface area contributed by atoms with Crippen molar-refractivity contribution in [3.8, 4) is 0 Å². The highest BCUT2D eigenvalue weighted by Gasteiger charge is 2.12. The second-order valence-electron chi connectivity index (χ2n) is 4.03. The normalized spacial score (nSPS) is 14.3. The largest absolute Gasteiger partial charge is 0.352 e. The molecule has 1 aliphatic rings. The molecule has 1 aromatic carbocycles. The summed E-state index contributed by atoms with van der Waals surface area (Å²) in [5.74, 6) is 1.26. The first-order chi connectivity index (χ1) is 7.81. The number of thioether (sulfide) groups is 1. The molecular weight excluding hydrogens is 218 g/mol. The molecular formula is C13H17NOS. The molecule has 0 saturated carbocycles. The topological polar surface area (TPSA) is 29.1 Å². The number of nitrogens with one attached hydrogen (secondary N) is 1. The number of aryl methyl sites for hydroxylation is 1. The highest BCUT2D eigenvalue weighted by Crippen LogP contribution is 2.30. The van der Waals surface area contributed by atoms with Gasteiger partial charge in [0.05, 0.1) is 0 Å². The number of hydrogen-bond acceptors (Lipinski definition) is 2. The predicted octanol–water partition coefficient (Wildman–Crippen LogP) is 2.86. The Balaban J connectivity index is 2.13. The van der Waals surface area contributed by atoms with Crippen LogP contribution in [0.1, 0.15) is 35.7 Å². The number of rotatable bonds is 3. The lowest BCUT2D eigenvalue weighted by atomic mass is 10.1. The Hall–Kier alpha value is -0.960. The number of amides is 1. The summed E-state index contributed by atoms with van der Waals surface area (Å²) in [7, 11) is 0. The van der Waals surface area contributed by atoms with E-state index in [0.29, 0.717) is 0 Å². The van der Waals surface area contributed by atoms with Gasteiger partial charge in [0, 0.05) is 17.0 Å². The molecule has 3 heteroatoms. The summed E-state index contributed by atoms with van der Waals surface area (Å²) in [6.45, 7) is 2.81. The minimum Gasteiger partial charge on any atom is -0.352 e. The van der Waals surface area contributed by atoms with Crippen LogP contribution < -0.4 is 5.32 Å². The molecule has 0 aromatic heterocycles. The van der Waals surface area contributed by atoms with Gasteiger partial charge in [-0.2, -0.15) is 0 Å². The van der Waals surface area contributed by atoms with Gasteiger partial charge in [-0.05, 0) is 48.8 Å². The lowest BCUT2D eigenvalue weighted by Gasteiger charge is -2.15. The van der Waals surface area contributed by atoms with E-state index in [4.69, 9.17) is 0 Å². The molecule has 1 aromatic rings. The molecule has 0 atom stereocenters. The molecule has 16 heavy (non-hydrogen) atoms. The molecule has 0 bridgehead atoms. The smallest absolute Gasteiger partial charge is 0.251 e. The lowest BCUT2D eigenvalue weighted by Crippen LogP contribution is -2.24. The van der Waals surface area contributed by atoms with Crippen molar-refractivity contribution in [2.24, 2.45) is 0 Å². The maximum atomic E-state index is 11.8. The molecule has 0 aliphatic carbocycles. The molecule has 0 saturated heterocycles. The van der Waals surface area contributed by atoms with Crippen molar-refractivity contribution in [1.82, 2.24) is 5.32 Å². The number of fused-ring (bicyclic) bond motifs is 1. The molecule has 2 rings (SSSR count). The summed E-state index contributed by atoms with van der Waals surface area (Å²) in [5, 5.41) is 2.91. The Kier molecular flexibility index (Phi) is 3.88. The summed E-state index contributed by atoms with van der Waals surface area (Å²) in [5.41, 5.74) is 2.13. The molecule has 1 amide bonds. The van der Waals surface area contributed by atoms with Gasteiger partial charge in [0.1, 0.15) is 0 Å². The van der Waals surface area contributed by atoms with Crippen molar-refractivity contribution in [3.63, 3.8) is 0 Å². The Labute approximate surface area is 101 Å². The summed E-state index contributed by atoms with van der Waals surface area (Å²) < 4.78 is 0. The van der Waals surface area contributed by atoms with Crippen LogP contribution in [-0.2, 0) is 6.42 Å². The van der Waals surface area contributed by atoms with Gasteiger partial charge in [-0.25, -0.2) is 0 Å². The van der Waals surface area contributed by atoms with Crippen molar-refractivity contribution in [2.45, 2.75) is 31.1 Å². The van der Waals surface area contributed by atoms with Crippen LogP contribution in [0.3, 0.4) is 0 Å². The molecule has 0 fully saturated rings. The first-order valence-corrected chi connectivity index (χ1v) is 6.83. The molecule has 1 aliphatic heterocycles. The van der Waals surface area contributed by atoms with Crippen molar-refractivity contribution >= 4 is 17.7 Å². The zero-order valence-corrected chi connectivity index (χ0v) is 10.4. The second-order valence-corrected chi connectivity index (χ2v) is 5.17. The standard InChI is InChI=1S/C13H17NOS/c1-2-7-14-13(15)11-5-6-12-10(9-11)4-3-8-16-12/h5-6,9H,2-4,7-8H2,1H3,(H,14,15). The van der Waals surface area contributed by atoms with Crippen molar-refractivity contribution in [2.75, 3.05) is 12.3 Å². The number of hydrogen-bond donors (Lipinski definition) is 1. The van der Waals surface area contributed by atoms with Gasteiger partial charge in [0.15, 0.2) is 0 Å². The van der Waals surface area contributed by atoms with Crippen LogP contribution in [0.5, 0.6) is 0 Å². The average Bonchev–Trinajstić information content (AvgIpc) is 2.35.